The Hall–Kier alpha value is -0.410. The van der Waals surface area contributed by atoms with Crippen LogP contribution in [0.2, 0.25) is 0 Å². The fraction of sp³-hybridized carbons (Fsp3) is 0.952. The Balaban J connectivity index is 1.42. The summed E-state index contributed by atoms with van der Waals surface area (Å²) in [5.74, 6) is 3.33. The number of carbonyl (C=O) groups excluding carboxylic acids is 1. The van der Waals surface area contributed by atoms with E-state index in [1.54, 1.807) is 0 Å². The minimum Gasteiger partial charge on any atom is -0.348 e. The van der Waals surface area contributed by atoms with Gasteiger partial charge >= 0.3 is 0 Å². The Labute approximate surface area is 145 Å². The minimum absolute atomic E-state index is 0.0118. The SMILES string of the molecule is C[C@]12CCC3(C[C@H]1CC[C@@H]1[C@@H]2CC[C@]2(C)C(=O)CC[C@@H]12)OCCO3. The molecule has 1 saturated heterocycles. The van der Waals surface area contributed by atoms with Crippen LogP contribution in [0.3, 0.4) is 0 Å². The summed E-state index contributed by atoms with van der Waals surface area (Å²) in [4.78, 5) is 12.5. The average molecular weight is 332 g/mol. The molecule has 5 aliphatic rings. The van der Waals surface area contributed by atoms with Crippen molar-refractivity contribution in [3.05, 3.63) is 0 Å². The average Bonchev–Trinajstić information content (AvgIpc) is 3.14. The molecule has 5 fully saturated rings. The lowest BCUT2D eigenvalue weighted by molar-refractivity contribution is -0.228. The highest BCUT2D eigenvalue weighted by Gasteiger charge is 2.62. The summed E-state index contributed by atoms with van der Waals surface area (Å²) in [6.45, 7) is 6.40. The molecular formula is C21H32O3. The van der Waals surface area contributed by atoms with Gasteiger partial charge in [-0.3, -0.25) is 4.79 Å². The van der Waals surface area contributed by atoms with Gasteiger partial charge in [-0.1, -0.05) is 13.8 Å². The molecule has 4 aliphatic carbocycles. The molecule has 0 aromatic carbocycles. The lowest BCUT2D eigenvalue weighted by atomic mass is 9.45. The molecule has 0 radical (unpaired) electrons. The summed E-state index contributed by atoms with van der Waals surface area (Å²) in [6, 6.07) is 0. The Morgan fingerprint density at radius 1 is 0.917 bits per heavy atom. The van der Waals surface area contributed by atoms with Crippen molar-refractivity contribution in [2.75, 3.05) is 13.2 Å². The number of rotatable bonds is 0. The van der Waals surface area contributed by atoms with E-state index in [-0.39, 0.29) is 11.2 Å². The molecule has 0 bridgehead atoms. The number of ketones is 1. The maximum Gasteiger partial charge on any atom is 0.168 e. The van der Waals surface area contributed by atoms with Crippen LogP contribution in [0, 0.1) is 34.5 Å². The van der Waals surface area contributed by atoms with Crippen LogP contribution in [0.4, 0.5) is 0 Å². The predicted octanol–water partition coefficient (Wildman–Crippen LogP) is 4.34. The van der Waals surface area contributed by atoms with Gasteiger partial charge in [0.15, 0.2) is 5.79 Å². The molecule has 0 N–H and O–H groups in total. The molecule has 0 aromatic heterocycles. The van der Waals surface area contributed by atoms with Crippen LogP contribution in [-0.4, -0.2) is 24.8 Å². The highest BCUT2D eigenvalue weighted by molar-refractivity contribution is 5.87. The molecule has 0 amide bonds. The van der Waals surface area contributed by atoms with Gasteiger partial charge in [-0.2, -0.15) is 0 Å². The van der Waals surface area contributed by atoms with Crippen LogP contribution in [0.15, 0.2) is 0 Å². The topological polar surface area (TPSA) is 35.5 Å². The first-order valence-electron chi connectivity index (χ1n) is 10.3. The third-order valence-corrected chi connectivity index (χ3v) is 9.19. The van der Waals surface area contributed by atoms with Crippen LogP contribution in [-0.2, 0) is 14.3 Å². The predicted molar refractivity (Wildman–Crippen MR) is 91.4 cm³/mol. The maximum absolute atomic E-state index is 12.5. The second-order valence-corrected chi connectivity index (χ2v) is 9.89. The van der Waals surface area contributed by atoms with Crippen LogP contribution in [0.1, 0.15) is 71.6 Å². The minimum atomic E-state index is -0.247. The Bertz CT molecular complexity index is 551. The number of fused-ring (bicyclic) bond motifs is 5. The maximum atomic E-state index is 12.5. The van der Waals surface area contributed by atoms with Crippen molar-refractivity contribution < 1.29 is 14.3 Å². The molecule has 24 heavy (non-hydrogen) atoms. The molecule has 134 valence electrons. The van der Waals surface area contributed by atoms with E-state index >= 15 is 0 Å². The van der Waals surface area contributed by atoms with Crippen LogP contribution >= 0.6 is 0 Å². The summed E-state index contributed by atoms with van der Waals surface area (Å²) in [6.07, 6.45) is 10.5. The zero-order valence-electron chi connectivity index (χ0n) is 15.3. The van der Waals surface area contributed by atoms with E-state index in [1.807, 2.05) is 0 Å². The first kappa shape index (κ1) is 15.8. The first-order chi connectivity index (χ1) is 11.5. The van der Waals surface area contributed by atoms with Crippen LogP contribution in [0.25, 0.3) is 0 Å². The molecular weight excluding hydrogens is 300 g/mol. The number of carbonyl (C=O) groups is 1. The Morgan fingerprint density at radius 3 is 2.50 bits per heavy atom. The summed E-state index contributed by atoms with van der Waals surface area (Å²) in [5.41, 5.74) is 0.453. The third-order valence-electron chi connectivity index (χ3n) is 9.19. The van der Waals surface area contributed by atoms with Gasteiger partial charge in [-0.05, 0) is 67.6 Å². The van der Waals surface area contributed by atoms with Crippen molar-refractivity contribution in [1.82, 2.24) is 0 Å². The third kappa shape index (κ3) is 1.95. The van der Waals surface area contributed by atoms with Gasteiger partial charge in [0.05, 0.1) is 13.2 Å². The van der Waals surface area contributed by atoms with Crippen molar-refractivity contribution in [1.29, 1.82) is 0 Å². The van der Waals surface area contributed by atoms with E-state index in [1.165, 1.54) is 25.7 Å². The highest BCUT2D eigenvalue weighted by Crippen LogP contribution is 2.66. The van der Waals surface area contributed by atoms with Crippen molar-refractivity contribution in [3.63, 3.8) is 0 Å². The Morgan fingerprint density at radius 2 is 1.71 bits per heavy atom. The van der Waals surface area contributed by atoms with E-state index in [0.717, 1.165) is 63.1 Å². The van der Waals surface area contributed by atoms with Gasteiger partial charge in [0.25, 0.3) is 0 Å². The molecule has 3 heteroatoms. The Kier molecular flexibility index (Phi) is 3.34. The summed E-state index contributed by atoms with van der Waals surface area (Å²) in [5, 5.41) is 0. The quantitative estimate of drug-likeness (QED) is 0.662. The zero-order valence-corrected chi connectivity index (χ0v) is 15.3. The van der Waals surface area contributed by atoms with Crippen LogP contribution < -0.4 is 0 Å². The molecule has 1 aliphatic heterocycles. The molecule has 0 unspecified atom stereocenters. The molecule has 5 rings (SSSR count). The molecule has 4 saturated carbocycles. The van der Waals surface area contributed by atoms with Gasteiger partial charge < -0.3 is 9.47 Å². The zero-order chi connectivity index (χ0) is 16.6. The molecule has 6 atom stereocenters. The molecule has 3 nitrogen and oxygen atoms in total. The van der Waals surface area contributed by atoms with E-state index in [9.17, 15) is 4.79 Å². The summed E-state index contributed by atoms with van der Waals surface area (Å²) < 4.78 is 12.1. The lowest BCUT2D eigenvalue weighted by Gasteiger charge is -2.61. The number of hydrogen-bond acceptors (Lipinski definition) is 3. The van der Waals surface area contributed by atoms with E-state index in [0.29, 0.717) is 17.1 Å². The van der Waals surface area contributed by atoms with Gasteiger partial charge in [0, 0.05) is 24.7 Å². The summed E-state index contributed by atoms with van der Waals surface area (Å²) in [7, 11) is 0. The monoisotopic (exact) mass is 332 g/mol. The van der Waals surface area contributed by atoms with Crippen LogP contribution in [0.5, 0.6) is 0 Å². The fourth-order valence-electron chi connectivity index (χ4n) is 7.73. The molecule has 1 spiro atoms. The largest absolute Gasteiger partial charge is 0.348 e. The first-order valence-corrected chi connectivity index (χ1v) is 10.3. The van der Waals surface area contributed by atoms with Crippen molar-refractivity contribution >= 4 is 5.78 Å². The van der Waals surface area contributed by atoms with Crippen molar-refractivity contribution in [3.8, 4) is 0 Å². The van der Waals surface area contributed by atoms with Crippen molar-refractivity contribution in [2.24, 2.45) is 34.5 Å². The van der Waals surface area contributed by atoms with Gasteiger partial charge in [0.1, 0.15) is 5.78 Å². The lowest BCUT2D eigenvalue weighted by Crippen LogP contribution is -2.56. The van der Waals surface area contributed by atoms with Gasteiger partial charge in [-0.15, -0.1) is 0 Å². The molecule has 0 aromatic rings. The van der Waals surface area contributed by atoms with E-state index < -0.39 is 0 Å². The standard InChI is InChI=1S/C21H32O3/c1-19-9-10-21(23-11-12-24-21)13-14(19)3-4-15-16-5-6-18(22)20(16,2)8-7-17(15)19/h14-17H,3-13H2,1-2H3/t14-,15+,16+,17+,19+,20+/m1/s1. The fourth-order valence-corrected chi connectivity index (χ4v) is 7.73. The normalized spacial score (nSPS) is 52.8. The van der Waals surface area contributed by atoms with Gasteiger partial charge in [-0.25, -0.2) is 0 Å². The second kappa shape index (κ2) is 5.07. The summed E-state index contributed by atoms with van der Waals surface area (Å²) >= 11 is 0. The highest BCUT2D eigenvalue weighted by atomic mass is 16.7. The molecule has 1 heterocycles. The van der Waals surface area contributed by atoms with Gasteiger partial charge in [0.2, 0.25) is 0 Å². The van der Waals surface area contributed by atoms with Crippen molar-refractivity contribution in [2.45, 2.75) is 77.4 Å². The number of ether oxygens (including phenoxy) is 2. The number of hydrogen-bond donors (Lipinski definition) is 0. The smallest absolute Gasteiger partial charge is 0.168 e. The van der Waals surface area contributed by atoms with E-state index in [4.69, 9.17) is 9.47 Å². The van der Waals surface area contributed by atoms with E-state index in [2.05, 4.69) is 13.8 Å². The number of Topliss-reactive ketones (excluding diaryl/α,β-unsaturated/α-hetero) is 1. The second-order valence-electron chi connectivity index (χ2n) is 9.89.